The molecule has 2 heterocycles. The molecule has 1 amide bonds. The Hall–Kier alpha value is -5.65. The van der Waals surface area contributed by atoms with Gasteiger partial charge in [-0.1, -0.05) is 12.1 Å². The number of hydrogen-bond acceptors (Lipinski definition) is 8. The Kier molecular flexibility index (Phi) is 6.42. The Balaban J connectivity index is 1.38. The zero-order valence-electron chi connectivity index (χ0n) is 19.5. The van der Waals surface area contributed by atoms with Gasteiger partial charge in [-0.3, -0.25) is 24.3 Å². The van der Waals surface area contributed by atoms with E-state index in [2.05, 4.69) is 20.3 Å². The van der Waals surface area contributed by atoms with Gasteiger partial charge in [-0.05, 0) is 54.1 Å². The van der Waals surface area contributed by atoms with Crippen molar-refractivity contribution in [3.05, 3.63) is 127 Å². The lowest BCUT2D eigenvalue weighted by molar-refractivity contribution is -0.384. The topological polar surface area (TPSA) is 162 Å². The minimum absolute atomic E-state index is 0.0573. The SMILES string of the molecule is O=C(Nc1cccc(Cn2c(=O)[nH]c3ccc(Oc4ncccn4)cc3c2=O)c1)c1ccc([N+](=O)[O-])cc1. The molecule has 12 heteroatoms. The molecule has 2 aromatic heterocycles. The first-order chi connectivity index (χ1) is 18.4. The van der Waals surface area contributed by atoms with Crippen LogP contribution in [0.25, 0.3) is 10.9 Å². The number of amides is 1. The first-order valence-electron chi connectivity index (χ1n) is 11.2. The van der Waals surface area contributed by atoms with Crippen LogP contribution in [0, 0.1) is 10.1 Å². The average Bonchev–Trinajstić information content (AvgIpc) is 2.92. The van der Waals surface area contributed by atoms with Crippen molar-refractivity contribution in [1.29, 1.82) is 0 Å². The van der Waals surface area contributed by atoms with Crippen LogP contribution >= 0.6 is 0 Å². The van der Waals surface area contributed by atoms with Crippen LogP contribution in [0.3, 0.4) is 0 Å². The lowest BCUT2D eigenvalue weighted by Gasteiger charge is -2.10. The molecule has 3 aromatic carbocycles. The lowest BCUT2D eigenvalue weighted by atomic mass is 10.1. The summed E-state index contributed by atoms with van der Waals surface area (Å²) < 4.78 is 6.65. The summed E-state index contributed by atoms with van der Waals surface area (Å²) in [5.74, 6) is -0.136. The van der Waals surface area contributed by atoms with Crippen LogP contribution in [-0.4, -0.2) is 30.3 Å². The van der Waals surface area contributed by atoms with Crippen LogP contribution in [0.15, 0.2) is 94.8 Å². The van der Waals surface area contributed by atoms with Crippen molar-refractivity contribution in [3.63, 3.8) is 0 Å². The number of nitro groups is 1. The van der Waals surface area contributed by atoms with Gasteiger partial charge in [-0.25, -0.2) is 14.8 Å². The van der Waals surface area contributed by atoms with Crippen LogP contribution in [0.4, 0.5) is 11.4 Å². The maximum atomic E-state index is 13.2. The summed E-state index contributed by atoms with van der Waals surface area (Å²) in [7, 11) is 0. The number of H-pyrrole nitrogens is 1. The van der Waals surface area contributed by atoms with Gasteiger partial charge in [0.1, 0.15) is 5.75 Å². The molecule has 188 valence electrons. The number of carbonyl (C=O) groups excluding carboxylic acids is 1. The Morgan fingerprint density at radius 2 is 1.76 bits per heavy atom. The van der Waals surface area contributed by atoms with Crippen molar-refractivity contribution < 1.29 is 14.5 Å². The Labute approximate surface area is 213 Å². The molecule has 0 spiro atoms. The molecule has 0 fully saturated rings. The monoisotopic (exact) mass is 510 g/mol. The second-order valence-corrected chi connectivity index (χ2v) is 8.12. The second kappa shape index (κ2) is 10.1. The Bertz CT molecular complexity index is 1780. The minimum atomic E-state index is -0.595. The van der Waals surface area contributed by atoms with Crippen LogP contribution in [0.5, 0.6) is 11.8 Å². The van der Waals surface area contributed by atoms with Gasteiger partial charge >= 0.3 is 11.7 Å². The van der Waals surface area contributed by atoms with Crippen molar-refractivity contribution in [2.75, 3.05) is 5.32 Å². The summed E-state index contributed by atoms with van der Waals surface area (Å²) in [5, 5.41) is 13.8. The van der Waals surface area contributed by atoms with Crippen molar-refractivity contribution >= 4 is 28.2 Å². The van der Waals surface area contributed by atoms with E-state index in [1.165, 1.54) is 42.7 Å². The quantitative estimate of drug-likeness (QED) is 0.248. The standard InChI is InChI=1S/C26H18N6O6/c33-23(17-5-7-19(8-6-17)32(36)37)29-18-4-1-3-16(13-18)15-31-24(34)21-14-20(9-10-22(21)30-26(31)35)38-25-27-11-2-12-28-25/h1-14H,15H2,(H,29,33)(H,30,35). The number of nitrogens with zero attached hydrogens (tertiary/aromatic N) is 4. The molecule has 5 aromatic rings. The molecule has 0 aliphatic carbocycles. The number of fused-ring (bicyclic) bond motifs is 1. The van der Waals surface area contributed by atoms with Gasteiger partial charge in [0.05, 0.1) is 22.4 Å². The zero-order valence-corrected chi connectivity index (χ0v) is 19.5. The molecule has 0 saturated heterocycles. The number of carbonyl (C=O) groups is 1. The summed E-state index contributed by atoms with van der Waals surface area (Å²) in [5.41, 5.74) is 0.357. The third kappa shape index (κ3) is 5.14. The summed E-state index contributed by atoms with van der Waals surface area (Å²) in [4.78, 5) is 59.4. The lowest BCUT2D eigenvalue weighted by Crippen LogP contribution is -2.35. The van der Waals surface area contributed by atoms with Crippen molar-refractivity contribution in [2.24, 2.45) is 0 Å². The van der Waals surface area contributed by atoms with E-state index in [1.54, 1.807) is 42.5 Å². The van der Waals surface area contributed by atoms with Crippen LogP contribution in [-0.2, 0) is 6.54 Å². The van der Waals surface area contributed by atoms with E-state index in [9.17, 15) is 24.5 Å². The molecule has 0 aliphatic rings. The van der Waals surface area contributed by atoms with E-state index < -0.39 is 22.1 Å². The molecular weight excluding hydrogens is 492 g/mol. The van der Waals surface area contributed by atoms with Gasteiger partial charge in [0.2, 0.25) is 0 Å². The Morgan fingerprint density at radius 1 is 1.00 bits per heavy atom. The van der Waals surface area contributed by atoms with E-state index in [0.29, 0.717) is 22.5 Å². The molecule has 5 rings (SSSR count). The number of nitro benzene ring substituents is 1. The van der Waals surface area contributed by atoms with Crippen molar-refractivity contribution in [2.45, 2.75) is 6.54 Å². The number of non-ortho nitro benzene ring substituents is 1. The van der Waals surface area contributed by atoms with Crippen molar-refractivity contribution in [1.82, 2.24) is 19.5 Å². The van der Waals surface area contributed by atoms with Crippen LogP contribution in [0.1, 0.15) is 15.9 Å². The molecule has 0 radical (unpaired) electrons. The van der Waals surface area contributed by atoms with E-state index in [1.807, 2.05) is 0 Å². The predicted octanol–water partition coefficient (Wildman–Crippen LogP) is 3.48. The first kappa shape index (κ1) is 24.1. The molecule has 0 aliphatic heterocycles. The molecular formula is C26H18N6O6. The highest BCUT2D eigenvalue weighted by Crippen LogP contribution is 2.21. The smallest absolute Gasteiger partial charge is 0.329 e. The van der Waals surface area contributed by atoms with Gasteiger partial charge < -0.3 is 15.0 Å². The maximum absolute atomic E-state index is 13.2. The second-order valence-electron chi connectivity index (χ2n) is 8.12. The fourth-order valence-electron chi connectivity index (χ4n) is 3.75. The highest BCUT2D eigenvalue weighted by Gasteiger charge is 2.13. The van der Waals surface area contributed by atoms with Gasteiger partial charge in [0, 0.05) is 35.8 Å². The third-order valence-corrected chi connectivity index (χ3v) is 5.57. The molecule has 0 bridgehead atoms. The van der Waals surface area contributed by atoms with Crippen LogP contribution < -0.4 is 21.3 Å². The summed E-state index contributed by atoms with van der Waals surface area (Å²) in [6.07, 6.45) is 3.05. The number of nitrogens with one attached hydrogen (secondary N) is 2. The zero-order chi connectivity index (χ0) is 26.6. The minimum Gasteiger partial charge on any atom is -0.424 e. The number of aromatic nitrogens is 4. The van der Waals surface area contributed by atoms with Gasteiger partial charge in [-0.2, -0.15) is 0 Å². The van der Waals surface area contributed by atoms with Gasteiger partial charge in [0.15, 0.2) is 0 Å². The maximum Gasteiger partial charge on any atom is 0.329 e. The van der Waals surface area contributed by atoms with E-state index in [4.69, 9.17) is 4.74 Å². The van der Waals surface area contributed by atoms with Gasteiger partial charge in [0.25, 0.3) is 17.2 Å². The van der Waals surface area contributed by atoms with E-state index in [0.717, 1.165) is 4.57 Å². The summed E-state index contributed by atoms with van der Waals surface area (Å²) in [6.45, 7) is -0.0573. The van der Waals surface area contributed by atoms with E-state index >= 15 is 0 Å². The average molecular weight is 510 g/mol. The molecule has 12 nitrogen and oxygen atoms in total. The predicted molar refractivity (Wildman–Crippen MR) is 138 cm³/mol. The first-order valence-corrected chi connectivity index (χ1v) is 11.2. The summed E-state index contributed by atoms with van der Waals surface area (Å²) >= 11 is 0. The molecule has 38 heavy (non-hydrogen) atoms. The normalized spacial score (nSPS) is 10.7. The third-order valence-electron chi connectivity index (χ3n) is 5.57. The molecule has 2 N–H and O–H groups in total. The molecule has 0 saturated carbocycles. The van der Waals surface area contributed by atoms with Crippen molar-refractivity contribution in [3.8, 4) is 11.8 Å². The number of ether oxygens (including phenoxy) is 1. The highest BCUT2D eigenvalue weighted by molar-refractivity contribution is 6.04. The number of anilines is 1. The number of benzene rings is 3. The van der Waals surface area contributed by atoms with Crippen LogP contribution in [0.2, 0.25) is 0 Å². The Morgan fingerprint density at radius 3 is 2.50 bits per heavy atom. The van der Waals surface area contributed by atoms with E-state index in [-0.39, 0.29) is 29.2 Å². The number of rotatable bonds is 7. The molecule has 0 unspecified atom stereocenters. The highest BCUT2D eigenvalue weighted by atomic mass is 16.6. The fourth-order valence-corrected chi connectivity index (χ4v) is 3.75. The summed E-state index contributed by atoms with van der Waals surface area (Å²) in [6, 6.07) is 18.3. The van der Waals surface area contributed by atoms with Gasteiger partial charge in [-0.15, -0.1) is 0 Å². The molecule has 0 atom stereocenters. The number of aromatic amines is 1. The fraction of sp³-hybridized carbons (Fsp3) is 0.0385. The number of hydrogen-bond donors (Lipinski definition) is 2. The largest absolute Gasteiger partial charge is 0.424 e.